The van der Waals surface area contributed by atoms with Gasteiger partial charge in [0.2, 0.25) is 0 Å². The van der Waals surface area contributed by atoms with Crippen LogP contribution in [-0.4, -0.2) is 29.7 Å². The summed E-state index contributed by atoms with van der Waals surface area (Å²) in [6, 6.07) is 13.5. The lowest BCUT2D eigenvalue weighted by Crippen LogP contribution is -2.32. The molecule has 0 bridgehead atoms. The van der Waals surface area contributed by atoms with E-state index in [4.69, 9.17) is 0 Å². The number of carbonyl (C=O) groups excluding carboxylic acids is 1. The smallest absolute Gasteiger partial charge is 0.267 e. The average Bonchev–Trinajstić information content (AvgIpc) is 2.75. The molecule has 3 aromatic rings. The number of nitrogens with zero attached hydrogens (tertiary/aromatic N) is 2. The molecule has 6 heteroatoms. The molecular weight excluding hydrogens is 378 g/mol. The Morgan fingerprint density at radius 1 is 1.10 bits per heavy atom. The number of fused-ring (bicyclic) bond motifs is 1. The van der Waals surface area contributed by atoms with E-state index in [0.717, 1.165) is 30.5 Å². The van der Waals surface area contributed by atoms with Crippen LogP contribution >= 0.6 is 0 Å². The Bertz CT molecular complexity index is 1120. The number of aryl methyl sites for hydroxylation is 2. The summed E-state index contributed by atoms with van der Waals surface area (Å²) in [5.41, 5.74) is 2.89. The van der Waals surface area contributed by atoms with Crippen molar-refractivity contribution < 1.29 is 9.90 Å². The predicted octanol–water partition coefficient (Wildman–Crippen LogP) is 3.58. The van der Waals surface area contributed by atoms with Gasteiger partial charge in [-0.25, -0.2) is 0 Å². The van der Waals surface area contributed by atoms with E-state index in [2.05, 4.69) is 24.4 Å². The topological polar surface area (TPSA) is 74.6 Å². The molecule has 2 N–H and O–H groups in total. The zero-order valence-corrected chi connectivity index (χ0v) is 18.0. The van der Waals surface area contributed by atoms with Crippen LogP contribution in [0.2, 0.25) is 0 Å². The second-order valence-corrected chi connectivity index (χ2v) is 7.79. The summed E-state index contributed by atoms with van der Waals surface area (Å²) in [6.45, 7) is 2.45. The molecule has 0 unspecified atom stereocenters. The van der Waals surface area contributed by atoms with Crippen molar-refractivity contribution in [1.29, 1.82) is 0 Å². The highest BCUT2D eigenvalue weighted by Gasteiger charge is 2.21. The van der Waals surface area contributed by atoms with Crippen LogP contribution in [0.1, 0.15) is 41.3 Å². The van der Waals surface area contributed by atoms with Crippen LogP contribution in [0.5, 0.6) is 5.75 Å². The average molecular weight is 408 g/mol. The van der Waals surface area contributed by atoms with Crippen LogP contribution in [0.25, 0.3) is 10.9 Å². The van der Waals surface area contributed by atoms with Crippen molar-refractivity contribution in [2.45, 2.75) is 32.7 Å². The number of pyridine rings is 1. The minimum atomic E-state index is -0.583. The van der Waals surface area contributed by atoms with Crippen LogP contribution in [0.3, 0.4) is 0 Å². The Morgan fingerprint density at radius 2 is 1.77 bits per heavy atom. The highest BCUT2D eigenvalue weighted by atomic mass is 16.3. The number of aromatic nitrogens is 1. The van der Waals surface area contributed by atoms with Gasteiger partial charge in [-0.2, -0.15) is 0 Å². The first-order chi connectivity index (χ1) is 14.3. The van der Waals surface area contributed by atoms with E-state index in [0.29, 0.717) is 10.9 Å². The molecule has 1 heterocycles. The van der Waals surface area contributed by atoms with Crippen molar-refractivity contribution in [3.8, 4) is 5.75 Å². The molecule has 0 aliphatic rings. The molecule has 0 fully saturated rings. The van der Waals surface area contributed by atoms with Crippen molar-refractivity contribution >= 4 is 22.5 Å². The molecule has 0 spiro atoms. The van der Waals surface area contributed by atoms with Gasteiger partial charge in [-0.15, -0.1) is 0 Å². The van der Waals surface area contributed by atoms with Gasteiger partial charge in [0.25, 0.3) is 11.5 Å². The van der Waals surface area contributed by atoms with Crippen LogP contribution < -0.4 is 15.8 Å². The van der Waals surface area contributed by atoms with E-state index in [1.54, 1.807) is 19.2 Å². The number of hydrogen-bond donors (Lipinski definition) is 2. The van der Waals surface area contributed by atoms with E-state index in [-0.39, 0.29) is 17.9 Å². The molecule has 158 valence electrons. The number of anilines is 1. The third-order valence-corrected chi connectivity index (χ3v) is 5.39. The second-order valence-electron chi connectivity index (χ2n) is 7.79. The van der Waals surface area contributed by atoms with Crippen LogP contribution in [0.15, 0.2) is 47.3 Å². The molecule has 30 heavy (non-hydrogen) atoms. The number of unbranched alkanes of at least 4 members (excludes halogenated alkanes) is 1. The largest absolute Gasteiger partial charge is 0.506 e. The number of nitrogens with one attached hydrogen (secondary N) is 1. The number of amides is 1. The molecule has 1 aromatic heterocycles. The molecule has 0 saturated heterocycles. The van der Waals surface area contributed by atoms with Gasteiger partial charge in [-0.3, -0.25) is 9.59 Å². The summed E-state index contributed by atoms with van der Waals surface area (Å²) in [5, 5.41) is 14.0. The zero-order valence-electron chi connectivity index (χ0n) is 18.0. The van der Waals surface area contributed by atoms with Gasteiger partial charge in [0, 0.05) is 38.8 Å². The van der Waals surface area contributed by atoms with Crippen molar-refractivity contribution in [3.63, 3.8) is 0 Å². The van der Waals surface area contributed by atoms with E-state index in [9.17, 15) is 14.7 Å². The van der Waals surface area contributed by atoms with E-state index in [1.807, 2.05) is 37.2 Å². The fourth-order valence-electron chi connectivity index (χ4n) is 3.48. The first-order valence-corrected chi connectivity index (χ1v) is 10.2. The van der Waals surface area contributed by atoms with Crippen molar-refractivity contribution in [2.24, 2.45) is 7.05 Å². The summed E-state index contributed by atoms with van der Waals surface area (Å²) < 4.78 is 1.39. The van der Waals surface area contributed by atoms with Crippen LogP contribution in [-0.2, 0) is 20.0 Å². The Morgan fingerprint density at radius 3 is 2.40 bits per heavy atom. The number of rotatable bonds is 7. The van der Waals surface area contributed by atoms with Gasteiger partial charge in [0.05, 0.1) is 5.52 Å². The van der Waals surface area contributed by atoms with Crippen LogP contribution in [0.4, 0.5) is 5.69 Å². The molecule has 3 rings (SSSR count). The van der Waals surface area contributed by atoms with Crippen molar-refractivity contribution in [2.75, 3.05) is 19.0 Å². The Balaban J connectivity index is 1.86. The highest BCUT2D eigenvalue weighted by molar-refractivity contribution is 6.02. The fraction of sp³-hybridized carbons (Fsp3) is 0.333. The van der Waals surface area contributed by atoms with Gasteiger partial charge in [0.15, 0.2) is 0 Å². The maximum Gasteiger partial charge on any atom is 0.267 e. The van der Waals surface area contributed by atoms with Crippen molar-refractivity contribution in [3.05, 3.63) is 69.5 Å². The molecular formula is C24H29N3O3. The van der Waals surface area contributed by atoms with E-state index >= 15 is 0 Å². The molecule has 0 atom stereocenters. The van der Waals surface area contributed by atoms with Gasteiger partial charge in [-0.1, -0.05) is 37.6 Å². The first-order valence-electron chi connectivity index (χ1n) is 10.2. The predicted molar refractivity (Wildman–Crippen MR) is 121 cm³/mol. The first kappa shape index (κ1) is 21.4. The number of carbonyl (C=O) groups is 1. The van der Waals surface area contributed by atoms with E-state index in [1.165, 1.54) is 10.1 Å². The monoisotopic (exact) mass is 407 g/mol. The molecule has 0 radical (unpaired) electrons. The van der Waals surface area contributed by atoms with Gasteiger partial charge in [-0.05, 0) is 42.2 Å². The molecule has 2 aromatic carbocycles. The fourth-order valence-corrected chi connectivity index (χ4v) is 3.48. The normalized spacial score (nSPS) is 10.9. The van der Waals surface area contributed by atoms with E-state index < -0.39 is 11.5 Å². The van der Waals surface area contributed by atoms with Crippen LogP contribution in [0, 0.1) is 0 Å². The summed E-state index contributed by atoms with van der Waals surface area (Å²) in [4.78, 5) is 27.4. The maximum absolute atomic E-state index is 12.8. The van der Waals surface area contributed by atoms with Gasteiger partial charge in [0.1, 0.15) is 11.3 Å². The third-order valence-electron chi connectivity index (χ3n) is 5.39. The summed E-state index contributed by atoms with van der Waals surface area (Å²) in [7, 11) is 5.38. The quantitative estimate of drug-likeness (QED) is 0.628. The Kier molecular flexibility index (Phi) is 6.45. The lowest BCUT2D eigenvalue weighted by molar-refractivity contribution is 0.0946. The molecule has 6 nitrogen and oxygen atoms in total. The lowest BCUT2D eigenvalue weighted by atomic mass is 10.1. The molecule has 0 aliphatic carbocycles. The minimum absolute atomic E-state index is 0.236. The second kappa shape index (κ2) is 9.03. The summed E-state index contributed by atoms with van der Waals surface area (Å²) in [5.74, 6) is -0.871. The molecule has 1 amide bonds. The van der Waals surface area contributed by atoms with Gasteiger partial charge < -0.3 is 19.9 Å². The maximum atomic E-state index is 12.8. The zero-order chi connectivity index (χ0) is 21.8. The number of benzene rings is 2. The van der Waals surface area contributed by atoms with Gasteiger partial charge >= 0.3 is 0 Å². The summed E-state index contributed by atoms with van der Waals surface area (Å²) >= 11 is 0. The van der Waals surface area contributed by atoms with Crippen molar-refractivity contribution in [1.82, 2.24) is 9.88 Å². The Hall–Kier alpha value is -3.28. The third kappa shape index (κ3) is 4.32. The lowest BCUT2D eigenvalue weighted by Gasteiger charge is -2.16. The SMILES string of the molecule is CCCCc1ccc(CNC(=O)c2c(O)c3cc(N(C)C)ccc3n(C)c2=O)cc1. The standard InChI is InChI=1S/C24H29N3O3/c1-5-6-7-16-8-10-17(11-9-16)15-25-23(29)21-22(28)19-14-18(26(2)3)12-13-20(19)27(4)24(21)30/h8-14,28H,5-7,15H2,1-4H3,(H,25,29). The Labute approximate surface area is 176 Å². The summed E-state index contributed by atoms with van der Waals surface area (Å²) in [6.07, 6.45) is 3.34. The highest BCUT2D eigenvalue weighted by Crippen LogP contribution is 2.29. The number of hydrogen-bond acceptors (Lipinski definition) is 4. The molecule has 0 aliphatic heterocycles. The number of aromatic hydroxyl groups is 1. The molecule has 0 saturated carbocycles. The minimum Gasteiger partial charge on any atom is -0.506 e.